The molecule has 6 nitrogen and oxygen atoms in total. The molecule has 4 amide bonds. The molecule has 0 fully saturated rings. The maximum atomic E-state index is 11.0. The predicted molar refractivity (Wildman–Crippen MR) is 61.3 cm³/mol. The molecule has 0 aromatic heterocycles. The molecule has 0 radical (unpaired) electrons. The molecule has 0 saturated heterocycles. The second kappa shape index (κ2) is 7.78. The minimum Gasteiger partial charge on any atom is -0.335 e. The minimum atomic E-state index is -0.589. The highest BCUT2D eigenvalue weighted by Crippen LogP contribution is 1.90. The maximum absolute atomic E-state index is 11.0. The summed E-state index contributed by atoms with van der Waals surface area (Å²) in [6.45, 7) is 8.90. The van der Waals surface area contributed by atoms with Crippen molar-refractivity contribution >= 4 is 12.1 Å². The van der Waals surface area contributed by atoms with Crippen molar-refractivity contribution in [3.8, 4) is 0 Å². The van der Waals surface area contributed by atoms with Crippen LogP contribution in [-0.4, -0.2) is 25.2 Å². The van der Waals surface area contributed by atoms with E-state index in [9.17, 15) is 9.59 Å². The molecule has 0 atom stereocenters. The normalized spacial score (nSPS) is 11.1. The van der Waals surface area contributed by atoms with Crippen molar-refractivity contribution in [2.24, 2.45) is 22.1 Å². The maximum Gasteiger partial charge on any atom is 0.359 e. The monoisotopic (exact) mass is 228 g/mol. The lowest BCUT2D eigenvalue weighted by Crippen LogP contribution is -2.26. The van der Waals surface area contributed by atoms with E-state index >= 15 is 0 Å². The number of hydrogen-bond donors (Lipinski definition) is 2. The van der Waals surface area contributed by atoms with E-state index in [0.717, 1.165) is 0 Å². The topological polar surface area (TPSA) is 82.9 Å². The SMILES string of the molecule is CC(C)CNC(=O)N=NC(=O)NCC(C)C. The van der Waals surface area contributed by atoms with E-state index in [-0.39, 0.29) is 0 Å². The molecule has 0 aliphatic heterocycles. The lowest BCUT2D eigenvalue weighted by atomic mass is 10.2. The van der Waals surface area contributed by atoms with E-state index in [1.807, 2.05) is 27.7 Å². The standard InChI is InChI=1S/C10H20N4O2/c1-7(2)5-11-9(15)13-14-10(16)12-6-8(3)4/h7-8H,5-6H2,1-4H3,(H,11,15)(H,12,16). The number of azo groups is 1. The molecule has 0 aromatic rings. The van der Waals surface area contributed by atoms with Gasteiger partial charge in [-0.2, -0.15) is 0 Å². The molecular weight excluding hydrogens is 208 g/mol. The molecule has 0 heterocycles. The van der Waals surface area contributed by atoms with Crippen LogP contribution < -0.4 is 10.6 Å². The molecule has 0 saturated carbocycles. The van der Waals surface area contributed by atoms with Crippen molar-refractivity contribution in [3.63, 3.8) is 0 Å². The molecule has 0 spiro atoms. The van der Waals surface area contributed by atoms with Gasteiger partial charge in [-0.3, -0.25) is 0 Å². The molecule has 0 aliphatic rings. The summed E-state index contributed by atoms with van der Waals surface area (Å²) >= 11 is 0. The van der Waals surface area contributed by atoms with E-state index in [4.69, 9.17) is 0 Å². The number of hydrogen-bond acceptors (Lipinski definition) is 2. The summed E-state index contributed by atoms with van der Waals surface area (Å²) in [5, 5.41) is 11.5. The average Bonchev–Trinajstić information content (AvgIpc) is 2.20. The molecule has 92 valence electrons. The Labute approximate surface area is 95.9 Å². The minimum absolute atomic E-state index is 0.342. The Kier molecular flexibility index (Phi) is 7.07. The van der Waals surface area contributed by atoms with Gasteiger partial charge in [-0.15, -0.1) is 0 Å². The fourth-order valence-corrected chi connectivity index (χ4v) is 0.744. The molecule has 0 unspecified atom stereocenters. The molecule has 0 rings (SSSR count). The summed E-state index contributed by atoms with van der Waals surface area (Å²) in [7, 11) is 0. The van der Waals surface area contributed by atoms with Crippen LogP contribution in [0.2, 0.25) is 0 Å². The van der Waals surface area contributed by atoms with Gasteiger partial charge in [0.2, 0.25) is 0 Å². The van der Waals surface area contributed by atoms with Crippen LogP contribution in [0.15, 0.2) is 10.2 Å². The summed E-state index contributed by atoms with van der Waals surface area (Å²) in [6.07, 6.45) is 0. The molecular formula is C10H20N4O2. The Bertz CT molecular complexity index is 236. The van der Waals surface area contributed by atoms with E-state index in [2.05, 4.69) is 20.9 Å². The summed E-state index contributed by atoms with van der Waals surface area (Å²) in [5.74, 6) is 0.683. The van der Waals surface area contributed by atoms with Crippen molar-refractivity contribution in [2.45, 2.75) is 27.7 Å². The zero-order valence-electron chi connectivity index (χ0n) is 10.3. The smallest absolute Gasteiger partial charge is 0.335 e. The highest BCUT2D eigenvalue weighted by atomic mass is 16.2. The highest BCUT2D eigenvalue weighted by molar-refractivity contribution is 5.79. The van der Waals surface area contributed by atoms with Gasteiger partial charge in [-0.25, -0.2) is 9.59 Å². The van der Waals surface area contributed by atoms with Crippen molar-refractivity contribution in [1.82, 2.24) is 10.6 Å². The first-order valence-corrected chi connectivity index (χ1v) is 5.39. The van der Waals surface area contributed by atoms with Crippen molar-refractivity contribution in [1.29, 1.82) is 0 Å². The Morgan fingerprint density at radius 3 is 1.44 bits per heavy atom. The second-order valence-electron chi connectivity index (χ2n) is 4.36. The van der Waals surface area contributed by atoms with E-state index < -0.39 is 12.1 Å². The van der Waals surface area contributed by atoms with Crippen molar-refractivity contribution < 1.29 is 9.59 Å². The largest absolute Gasteiger partial charge is 0.359 e. The Morgan fingerprint density at radius 1 is 0.875 bits per heavy atom. The third-order valence-corrected chi connectivity index (χ3v) is 1.55. The van der Waals surface area contributed by atoms with Crippen LogP contribution in [-0.2, 0) is 0 Å². The summed E-state index contributed by atoms with van der Waals surface area (Å²) in [5.41, 5.74) is 0. The first-order valence-electron chi connectivity index (χ1n) is 5.39. The quantitative estimate of drug-likeness (QED) is 0.723. The zero-order valence-corrected chi connectivity index (χ0v) is 10.3. The average molecular weight is 228 g/mol. The number of amides is 4. The molecule has 16 heavy (non-hydrogen) atoms. The van der Waals surface area contributed by atoms with Gasteiger partial charge in [-0.1, -0.05) is 37.9 Å². The van der Waals surface area contributed by atoms with Crippen LogP contribution in [0, 0.1) is 11.8 Å². The third kappa shape index (κ3) is 9.11. The van der Waals surface area contributed by atoms with Gasteiger partial charge in [0.25, 0.3) is 0 Å². The van der Waals surface area contributed by atoms with Crippen molar-refractivity contribution in [2.75, 3.05) is 13.1 Å². The fourth-order valence-electron chi connectivity index (χ4n) is 0.744. The fraction of sp³-hybridized carbons (Fsp3) is 0.800. The predicted octanol–water partition coefficient (Wildman–Crippen LogP) is 2.17. The Balaban J connectivity index is 3.80. The number of carbonyl (C=O) groups is 2. The van der Waals surface area contributed by atoms with Crippen LogP contribution in [0.5, 0.6) is 0 Å². The number of urea groups is 2. The van der Waals surface area contributed by atoms with Gasteiger partial charge in [0, 0.05) is 13.1 Å². The Hall–Kier alpha value is -1.46. The van der Waals surface area contributed by atoms with E-state index in [0.29, 0.717) is 24.9 Å². The summed E-state index contributed by atoms with van der Waals surface area (Å²) in [4.78, 5) is 22.1. The Morgan fingerprint density at radius 2 is 1.19 bits per heavy atom. The summed E-state index contributed by atoms with van der Waals surface area (Å²) in [6, 6.07) is -1.18. The zero-order chi connectivity index (χ0) is 12.6. The third-order valence-electron chi connectivity index (χ3n) is 1.55. The number of nitrogens with one attached hydrogen (secondary N) is 2. The number of carbonyl (C=O) groups excluding carboxylic acids is 2. The highest BCUT2D eigenvalue weighted by Gasteiger charge is 2.02. The summed E-state index contributed by atoms with van der Waals surface area (Å²) < 4.78 is 0. The van der Waals surface area contributed by atoms with E-state index in [1.54, 1.807) is 0 Å². The van der Waals surface area contributed by atoms with Crippen molar-refractivity contribution in [3.05, 3.63) is 0 Å². The lowest BCUT2D eigenvalue weighted by molar-refractivity contribution is 0.240. The van der Waals surface area contributed by atoms with Gasteiger partial charge in [0.05, 0.1) is 0 Å². The molecule has 6 heteroatoms. The van der Waals surface area contributed by atoms with Crippen LogP contribution in [0.25, 0.3) is 0 Å². The van der Waals surface area contributed by atoms with Crippen LogP contribution >= 0.6 is 0 Å². The van der Waals surface area contributed by atoms with Gasteiger partial charge in [-0.05, 0) is 11.8 Å². The first-order chi connectivity index (χ1) is 7.41. The van der Waals surface area contributed by atoms with Gasteiger partial charge >= 0.3 is 12.1 Å². The first kappa shape index (κ1) is 14.5. The number of nitrogens with zero attached hydrogens (tertiary/aromatic N) is 2. The van der Waals surface area contributed by atoms with E-state index in [1.165, 1.54) is 0 Å². The number of rotatable bonds is 4. The molecule has 0 bridgehead atoms. The van der Waals surface area contributed by atoms with Gasteiger partial charge < -0.3 is 10.6 Å². The lowest BCUT2D eigenvalue weighted by Gasteiger charge is -2.04. The van der Waals surface area contributed by atoms with Crippen LogP contribution in [0.3, 0.4) is 0 Å². The molecule has 0 aliphatic carbocycles. The molecule has 2 N–H and O–H groups in total. The van der Waals surface area contributed by atoms with Crippen LogP contribution in [0.4, 0.5) is 9.59 Å². The van der Waals surface area contributed by atoms with Gasteiger partial charge in [0.15, 0.2) is 0 Å². The molecule has 0 aromatic carbocycles. The second-order valence-corrected chi connectivity index (χ2v) is 4.36. The van der Waals surface area contributed by atoms with Crippen LogP contribution in [0.1, 0.15) is 27.7 Å². The van der Waals surface area contributed by atoms with Gasteiger partial charge in [0.1, 0.15) is 0 Å².